The van der Waals surface area contributed by atoms with E-state index in [0.717, 1.165) is 43.4 Å². The lowest BCUT2D eigenvalue weighted by atomic mass is 9.98. The Morgan fingerprint density at radius 1 is 1.45 bits per heavy atom. The van der Waals surface area contributed by atoms with Crippen molar-refractivity contribution in [3.63, 3.8) is 0 Å². The van der Waals surface area contributed by atoms with Crippen molar-refractivity contribution in [1.82, 2.24) is 0 Å². The van der Waals surface area contributed by atoms with Crippen LogP contribution in [0, 0.1) is 0 Å². The lowest BCUT2D eigenvalue weighted by molar-refractivity contribution is -0.143. The van der Waals surface area contributed by atoms with E-state index < -0.39 is 0 Å². The van der Waals surface area contributed by atoms with Gasteiger partial charge in [-0.2, -0.15) is 0 Å². The van der Waals surface area contributed by atoms with Gasteiger partial charge in [-0.05, 0) is 50.7 Å². The summed E-state index contributed by atoms with van der Waals surface area (Å²) in [6.07, 6.45) is 5.39. The summed E-state index contributed by atoms with van der Waals surface area (Å²) in [6, 6.07) is 5.30. The van der Waals surface area contributed by atoms with Crippen LogP contribution >= 0.6 is 0 Å². The number of hydrogen-bond acceptors (Lipinski definition) is 4. The second kappa shape index (κ2) is 7.17. The summed E-state index contributed by atoms with van der Waals surface area (Å²) in [5.41, 5.74) is 1.16. The highest BCUT2D eigenvalue weighted by atomic mass is 16.5. The third-order valence-electron chi connectivity index (χ3n) is 3.54. The summed E-state index contributed by atoms with van der Waals surface area (Å²) in [7, 11) is 0. The summed E-state index contributed by atoms with van der Waals surface area (Å²) < 4.78 is 10.8. The molecular formula is C16H22O4. The van der Waals surface area contributed by atoms with E-state index in [4.69, 9.17) is 9.47 Å². The molecule has 1 atom stereocenters. The summed E-state index contributed by atoms with van der Waals surface area (Å²) >= 11 is 0. The SMILES string of the molecule is CCOC(=O)CCCCC1CCc2ccc(O)cc2O1. The number of carbonyl (C=O) groups excluding carboxylic acids is 1. The van der Waals surface area contributed by atoms with Gasteiger partial charge in [0.05, 0.1) is 12.7 Å². The topological polar surface area (TPSA) is 55.8 Å². The van der Waals surface area contributed by atoms with E-state index in [2.05, 4.69) is 0 Å². The Labute approximate surface area is 119 Å². The average Bonchev–Trinajstić information content (AvgIpc) is 2.43. The summed E-state index contributed by atoms with van der Waals surface area (Å²) in [5, 5.41) is 9.47. The first-order chi connectivity index (χ1) is 9.69. The van der Waals surface area contributed by atoms with Gasteiger partial charge in [0.2, 0.25) is 0 Å². The molecule has 20 heavy (non-hydrogen) atoms. The number of phenolic OH excluding ortho intramolecular Hbond substituents is 1. The van der Waals surface area contributed by atoms with Gasteiger partial charge in [-0.3, -0.25) is 4.79 Å². The van der Waals surface area contributed by atoms with Crippen LogP contribution in [0.15, 0.2) is 18.2 Å². The van der Waals surface area contributed by atoms with E-state index >= 15 is 0 Å². The largest absolute Gasteiger partial charge is 0.508 e. The first kappa shape index (κ1) is 14.7. The Balaban J connectivity index is 1.72. The Hall–Kier alpha value is -1.71. The second-order valence-corrected chi connectivity index (χ2v) is 5.12. The molecule has 4 heteroatoms. The van der Waals surface area contributed by atoms with Crippen LogP contribution in [0.3, 0.4) is 0 Å². The number of benzene rings is 1. The monoisotopic (exact) mass is 278 g/mol. The van der Waals surface area contributed by atoms with E-state index in [-0.39, 0.29) is 17.8 Å². The minimum Gasteiger partial charge on any atom is -0.508 e. The number of phenols is 1. The van der Waals surface area contributed by atoms with Crippen molar-refractivity contribution >= 4 is 5.97 Å². The van der Waals surface area contributed by atoms with Gasteiger partial charge in [-0.25, -0.2) is 0 Å². The first-order valence-electron chi connectivity index (χ1n) is 7.33. The molecule has 0 saturated heterocycles. The molecule has 1 aliphatic heterocycles. The molecule has 0 amide bonds. The van der Waals surface area contributed by atoms with Crippen LogP contribution in [-0.4, -0.2) is 23.8 Å². The molecule has 2 rings (SSSR count). The molecule has 1 unspecified atom stereocenters. The standard InChI is InChI=1S/C16H22O4/c1-2-19-16(18)6-4-3-5-14-10-8-12-7-9-13(17)11-15(12)20-14/h7,9,11,14,17H,2-6,8,10H2,1H3. The number of aryl methyl sites for hydroxylation is 1. The van der Waals surface area contributed by atoms with E-state index in [1.807, 2.05) is 13.0 Å². The number of hydrogen-bond donors (Lipinski definition) is 1. The van der Waals surface area contributed by atoms with E-state index in [1.54, 1.807) is 12.1 Å². The van der Waals surface area contributed by atoms with Crippen molar-refractivity contribution in [1.29, 1.82) is 0 Å². The molecule has 110 valence electrons. The minimum absolute atomic E-state index is 0.118. The highest BCUT2D eigenvalue weighted by Crippen LogP contribution is 2.32. The molecule has 1 N–H and O–H groups in total. The molecule has 1 aromatic carbocycles. The van der Waals surface area contributed by atoms with Crippen LogP contribution in [0.5, 0.6) is 11.5 Å². The number of carbonyl (C=O) groups is 1. The number of ether oxygens (including phenoxy) is 2. The van der Waals surface area contributed by atoms with Crippen LogP contribution in [0.1, 0.15) is 44.6 Å². The molecule has 0 spiro atoms. The lowest BCUT2D eigenvalue weighted by Crippen LogP contribution is -2.22. The maximum Gasteiger partial charge on any atom is 0.305 e. The third-order valence-corrected chi connectivity index (χ3v) is 3.54. The predicted molar refractivity (Wildman–Crippen MR) is 75.9 cm³/mol. The summed E-state index contributed by atoms with van der Waals surface area (Å²) in [6.45, 7) is 2.27. The fourth-order valence-electron chi connectivity index (χ4n) is 2.49. The molecule has 0 radical (unpaired) electrons. The molecule has 0 fully saturated rings. The number of rotatable bonds is 6. The van der Waals surface area contributed by atoms with E-state index in [1.165, 1.54) is 0 Å². The number of esters is 1. The fraction of sp³-hybridized carbons (Fsp3) is 0.562. The zero-order chi connectivity index (χ0) is 14.4. The second-order valence-electron chi connectivity index (χ2n) is 5.12. The number of unbranched alkanes of at least 4 members (excludes halogenated alkanes) is 1. The highest BCUT2D eigenvalue weighted by molar-refractivity contribution is 5.69. The van der Waals surface area contributed by atoms with Crippen molar-refractivity contribution in [2.75, 3.05) is 6.61 Å². The van der Waals surface area contributed by atoms with Gasteiger partial charge in [-0.1, -0.05) is 6.07 Å². The lowest BCUT2D eigenvalue weighted by Gasteiger charge is -2.26. The van der Waals surface area contributed by atoms with Crippen LogP contribution in [0.2, 0.25) is 0 Å². The molecule has 1 heterocycles. The third kappa shape index (κ3) is 4.15. The number of aromatic hydroxyl groups is 1. The van der Waals surface area contributed by atoms with Crippen molar-refractivity contribution in [2.45, 2.75) is 51.6 Å². The molecule has 1 aliphatic rings. The minimum atomic E-state index is -0.118. The zero-order valence-corrected chi connectivity index (χ0v) is 11.9. The van der Waals surface area contributed by atoms with Gasteiger partial charge in [0.15, 0.2) is 0 Å². The molecule has 4 nitrogen and oxygen atoms in total. The van der Waals surface area contributed by atoms with Gasteiger partial charge in [0, 0.05) is 12.5 Å². The molecule has 1 aromatic rings. The maximum atomic E-state index is 11.2. The molecular weight excluding hydrogens is 256 g/mol. The van der Waals surface area contributed by atoms with E-state index in [9.17, 15) is 9.90 Å². The summed E-state index contributed by atoms with van der Waals surface area (Å²) in [5.74, 6) is 0.922. The first-order valence-corrected chi connectivity index (χ1v) is 7.33. The van der Waals surface area contributed by atoms with Gasteiger partial charge in [-0.15, -0.1) is 0 Å². The highest BCUT2D eigenvalue weighted by Gasteiger charge is 2.19. The summed E-state index contributed by atoms with van der Waals surface area (Å²) in [4.78, 5) is 11.2. The zero-order valence-electron chi connectivity index (χ0n) is 11.9. The van der Waals surface area contributed by atoms with Crippen LogP contribution in [0.4, 0.5) is 0 Å². The average molecular weight is 278 g/mol. The quantitative estimate of drug-likeness (QED) is 0.641. The van der Waals surface area contributed by atoms with Crippen LogP contribution in [0.25, 0.3) is 0 Å². The van der Waals surface area contributed by atoms with Crippen molar-refractivity contribution in [2.24, 2.45) is 0 Å². The molecule has 0 aliphatic carbocycles. The van der Waals surface area contributed by atoms with Crippen molar-refractivity contribution in [3.05, 3.63) is 23.8 Å². The Morgan fingerprint density at radius 3 is 3.10 bits per heavy atom. The Kier molecular flexibility index (Phi) is 5.27. The number of fused-ring (bicyclic) bond motifs is 1. The molecule has 0 bridgehead atoms. The van der Waals surface area contributed by atoms with Crippen LogP contribution < -0.4 is 4.74 Å². The molecule has 0 aromatic heterocycles. The normalized spacial score (nSPS) is 17.1. The fourth-order valence-corrected chi connectivity index (χ4v) is 2.49. The Morgan fingerprint density at radius 2 is 2.30 bits per heavy atom. The molecule has 0 saturated carbocycles. The predicted octanol–water partition coefficient (Wildman–Crippen LogP) is 3.21. The van der Waals surface area contributed by atoms with Gasteiger partial charge in [0.25, 0.3) is 0 Å². The van der Waals surface area contributed by atoms with E-state index in [0.29, 0.717) is 13.0 Å². The van der Waals surface area contributed by atoms with Gasteiger partial charge in [0.1, 0.15) is 11.5 Å². The van der Waals surface area contributed by atoms with Crippen molar-refractivity contribution in [3.8, 4) is 11.5 Å². The van der Waals surface area contributed by atoms with Crippen LogP contribution in [-0.2, 0) is 16.0 Å². The Bertz CT molecular complexity index is 456. The van der Waals surface area contributed by atoms with Gasteiger partial charge >= 0.3 is 5.97 Å². The maximum absolute atomic E-state index is 11.2. The van der Waals surface area contributed by atoms with Crippen molar-refractivity contribution < 1.29 is 19.4 Å². The van der Waals surface area contributed by atoms with Gasteiger partial charge < -0.3 is 14.6 Å². The smallest absolute Gasteiger partial charge is 0.305 e.